The number of hydrazine groups is 1. The van der Waals surface area contributed by atoms with Crippen LogP contribution in [0, 0.1) is 6.92 Å². The summed E-state index contributed by atoms with van der Waals surface area (Å²) in [5, 5.41) is 2.54. The quantitative estimate of drug-likeness (QED) is 0.380. The fourth-order valence-corrected chi connectivity index (χ4v) is 2.82. The van der Waals surface area contributed by atoms with Crippen molar-refractivity contribution in [2.75, 3.05) is 5.75 Å². The first-order valence-electron chi connectivity index (χ1n) is 8.76. The summed E-state index contributed by atoms with van der Waals surface area (Å²) in [5.74, 6) is -1.06. The van der Waals surface area contributed by atoms with Gasteiger partial charge in [0.1, 0.15) is 6.04 Å². The number of benzene rings is 2. The normalized spacial score (nSPS) is 11.6. The minimum atomic E-state index is -0.794. The van der Waals surface area contributed by atoms with E-state index in [0.29, 0.717) is 0 Å². The molecule has 0 saturated heterocycles. The molecule has 0 saturated carbocycles. The van der Waals surface area contributed by atoms with E-state index in [2.05, 4.69) is 16.2 Å². The highest BCUT2D eigenvalue weighted by Gasteiger charge is 2.15. The number of amides is 3. The summed E-state index contributed by atoms with van der Waals surface area (Å²) in [6.07, 6.45) is 3.01. The average Bonchev–Trinajstić information content (AvgIpc) is 2.70. The molecular weight excluding hydrogens is 374 g/mol. The smallest absolute Gasteiger partial charge is 0.260 e. The number of hydrogen-bond acceptors (Lipinski definition) is 4. The van der Waals surface area contributed by atoms with Crippen LogP contribution in [0.25, 0.3) is 6.08 Å². The Labute approximate surface area is 168 Å². The summed E-state index contributed by atoms with van der Waals surface area (Å²) >= 11 is 1.37. The van der Waals surface area contributed by atoms with Gasteiger partial charge in [0, 0.05) is 11.0 Å². The number of carbonyl (C=O) groups excluding carboxylic acids is 3. The largest absolute Gasteiger partial charge is 0.341 e. The Kier molecular flexibility index (Phi) is 8.30. The van der Waals surface area contributed by atoms with Crippen molar-refractivity contribution in [1.82, 2.24) is 16.2 Å². The van der Waals surface area contributed by atoms with Gasteiger partial charge in [0.2, 0.25) is 11.8 Å². The lowest BCUT2D eigenvalue weighted by atomic mass is 10.2. The molecule has 0 aliphatic rings. The first-order valence-corrected chi connectivity index (χ1v) is 9.74. The number of nitrogens with one attached hydrogen (secondary N) is 3. The first kappa shape index (κ1) is 21.2. The summed E-state index contributed by atoms with van der Waals surface area (Å²) in [5.41, 5.74) is 6.69. The Bertz CT molecular complexity index is 836. The van der Waals surface area contributed by atoms with E-state index in [1.54, 1.807) is 6.08 Å². The van der Waals surface area contributed by atoms with E-state index in [1.165, 1.54) is 24.8 Å². The monoisotopic (exact) mass is 397 g/mol. The molecule has 0 heterocycles. The standard InChI is InChI=1S/C21H23N3O3S/c1-15-8-11-18(12-9-15)28-14-20(26)23-24-21(27)16(2)22-19(25)13-10-17-6-4-3-5-7-17/h3-13,16H,14H2,1-2H3,(H,22,25)(H,23,26)(H,24,27)/b13-10+/t16-/m0/s1. The highest BCUT2D eigenvalue weighted by atomic mass is 32.2. The minimum Gasteiger partial charge on any atom is -0.341 e. The summed E-state index contributed by atoms with van der Waals surface area (Å²) in [6.45, 7) is 3.53. The lowest BCUT2D eigenvalue weighted by Crippen LogP contribution is -2.51. The van der Waals surface area contributed by atoms with E-state index >= 15 is 0 Å². The number of hydrogen-bond donors (Lipinski definition) is 3. The minimum absolute atomic E-state index is 0.171. The molecule has 3 N–H and O–H groups in total. The van der Waals surface area contributed by atoms with Crippen molar-refractivity contribution in [3.63, 3.8) is 0 Å². The Morgan fingerprint density at radius 1 is 1.00 bits per heavy atom. The van der Waals surface area contributed by atoms with Crippen molar-refractivity contribution in [1.29, 1.82) is 0 Å². The van der Waals surface area contributed by atoms with Crippen molar-refractivity contribution in [3.05, 3.63) is 71.8 Å². The van der Waals surface area contributed by atoms with E-state index in [0.717, 1.165) is 16.0 Å². The summed E-state index contributed by atoms with van der Waals surface area (Å²) < 4.78 is 0. The lowest BCUT2D eigenvalue weighted by molar-refractivity contribution is -0.130. The van der Waals surface area contributed by atoms with Crippen LogP contribution in [-0.4, -0.2) is 29.5 Å². The Hall–Kier alpha value is -3.06. The van der Waals surface area contributed by atoms with Crippen LogP contribution in [0.5, 0.6) is 0 Å². The van der Waals surface area contributed by atoms with Gasteiger partial charge >= 0.3 is 0 Å². The molecule has 6 nitrogen and oxygen atoms in total. The van der Waals surface area contributed by atoms with Gasteiger partial charge in [-0.15, -0.1) is 11.8 Å². The molecule has 2 rings (SSSR count). The summed E-state index contributed by atoms with van der Waals surface area (Å²) in [7, 11) is 0. The predicted molar refractivity (Wildman–Crippen MR) is 111 cm³/mol. The number of aryl methyl sites for hydroxylation is 1. The zero-order valence-electron chi connectivity index (χ0n) is 15.8. The van der Waals surface area contributed by atoms with E-state index in [9.17, 15) is 14.4 Å². The second-order valence-corrected chi connectivity index (χ2v) is 7.16. The maximum absolute atomic E-state index is 12.0. The van der Waals surface area contributed by atoms with Gasteiger partial charge in [-0.25, -0.2) is 0 Å². The zero-order chi connectivity index (χ0) is 20.4. The van der Waals surface area contributed by atoms with Gasteiger partial charge in [0.05, 0.1) is 5.75 Å². The molecule has 28 heavy (non-hydrogen) atoms. The van der Waals surface area contributed by atoms with Crippen LogP contribution in [0.3, 0.4) is 0 Å². The Balaban J connectivity index is 1.69. The topological polar surface area (TPSA) is 87.3 Å². The number of thioether (sulfide) groups is 1. The third-order valence-electron chi connectivity index (χ3n) is 3.69. The van der Waals surface area contributed by atoms with Gasteiger partial charge in [0.25, 0.3) is 5.91 Å². The van der Waals surface area contributed by atoms with E-state index in [4.69, 9.17) is 0 Å². The van der Waals surface area contributed by atoms with Gasteiger partial charge in [-0.05, 0) is 37.6 Å². The molecule has 0 radical (unpaired) electrons. The molecule has 7 heteroatoms. The van der Waals surface area contributed by atoms with Crippen molar-refractivity contribution in [2.45, 2.75) is 24.8 Å². The number of rotatable bonds is 7. The molecule has 0 aliphatic heterocycles. The van der Waals surface area contributed by atoms with Crippen LogP contribution in [0.1, 0.15) is 18.1 Å². The fourth-order valence-electron chi connectivity index (χ4n) is 2.12. The molecule has 0 spiro atoms. The fraction of sp³-hybridized carbons (Fsp3) is 0.190. The Morgan fingerprint density at radius 2 is 1.68 bits per heavy atom. The highest BCUT2D eigenvalue weighted by Crippen LogP contribution is 2.17. The van der Waals surface area contributed by atoms with E-state index < -0.39 is 17.9 Å². The first-order chi connectivity index (χ1) is 13.4. The molecule has 146 valence electrons. The van der Waals surface area contributed by atoms with Crippen LogP contribution >= 0.6 is 11.8 Å². The average molecular weight is 398 g/mol. The second-order valence-electron chi connectivity index (χ2n) is 6.11. The van der Waals surface area contributed by atoms with Crippen LogP contribution in [0.15, 0.2) is 65.6 Å². The SMILES string of the molecule is Cc1ccc(SCC(=O)NNC(=O)[C@H](C)NC(=O)/C=C/c2ccccc2)cc1. The molecule has 3 amide bonds. The molecule has 0 bridgehead atoms. The van der Waals surface area contributed by atoms with Crippen molar-refractivity contribution in [3.8, 4) is 0 Å². The van der Waals surface area contributed by atoms with Gasteiger partial charge in [0.15, 0.2) is 0 Å². The van der Waals surface area contributed by atoms with Gasteiger partial charge in [-0.1, -0.05) is 48.0 Å². The Morgan fingerprint density at radius 3 is 2.36 bits per heavy atom. The molecule has 0 aliphatic carbocycles. The van der Waals surface area contributed by atoms with E-state index in [-0.39, 0.29) is 11.7 Å². The molecular formula is C21H23N3O3S. The molecule has 0 unspecified atom stereocenters. The van der Waals surface area contributed by atoms with Crippen LogP contribution in [-0.2, 0) is 14.4 Å². The zero-order valence-corrected chi connectivity index (χ0v) is 16.6. The molecule has 0 aromatic heterocycles. The van der Waals surface area contributed by atoms with E-state index in [1.807, 2.05) is 61.5 Å². The maximum atomic E-state index is 12.0. The van der Waals surface area contributed by atoms with Crippen molar-refractivity contribution in [2.24, 2.45) is 0 Å². The maximum Gasteiger partial charge on any atom is 0.260 e. The van der Waals surface area contributed by atoms with Crippen LogP contribution in [0.2, 0.25) is 0 Å². The highest BCUT2D eigenvalue weighted by molar-refractivity contribution is 8.00. The predicted octanol–water partition coefficient (Wildman–Crippen LogP) is 2.45. The molecule has 1 atom stereocenters. The second kappa shape index (κ2) is 10.9. The third kappa shape index (κ3) is 7.67. The van der Waals surface area contributed by atoms with Gasteiger partial charge in [-0.3, -0.25) is 25.2 Å². The molecule has 0 fully saturated rings. The molecule has 2 aromatic rings. The lowest BCUT2D eigenvalue weighted by Gasteiger charge is -2.13. The van der Waals surface area contributed by atoms with Crippen LogP contribution in [0.4, 0.5) is 0 Å². The van der Waals surface area contributed by atoms with Crippen molar-refractivity contribution >= 4 is 35.6 Å². The van der Waals surface area contributed by atoms with Gasteiger partial charge in [-0.2, -0.15) is 0 Å². The number of carbonyl (C=O) groups is 3. The summed E-state index contributed by atoms with van der Waals surface area (Å²) in [6, 6.07) is 16.4. The van der Waals surface area contributed by atoms with Crippen LogP contribution < -0.4 is 16.2 Å². The molecule has 2 aromatic carbocycles. The van der Waals surface area contributed by atoms with Gasteiger partial charge < -0.3 is 5.32 Å². The third-order valence-corrected chi connectivity index (χ3v) is 4.71. The summed E-state index contributed by atoms with van der Waals surface area (Å²) in [4.78, 5) is 36.7. The van der Waals surface area contributed by atoms with Crippen molar-refractivity contribution < 1.29 is 14.4 Å².